The van der Waals surface area contributed by atoms with Gasteiger partial charge in [-0.1, -0.05) is 49.4 Å². The summed E-state index contributed by atoms with van der Waals surface area (Å²) in [5, 5.41) is 5.96. The van der Waals surface area contributed by atoms with Crippen LogP contribution in [-0.2, 0) is 0 Å². The number of aromatic nitrogens is 1. The summed E-state index contributed by atoms with van der Waals surface area (Å²) in [6.45, 7) is 3.24. The van der Waals surface area contributed by atoms with E-state index in [1.807, 2.05) is 18.5 Å². The second-order valence-electron chi connectivity index (χ2n) is 5.43. The van der Waals surface area contributed by atoms with Gasteiger partial charge in [-0.3, -0.25) is 4.98 Å². The lowest BCUT2D eigenvalue weighted by molar-refractivity contribution is 0.706. The predicted octanol–water partition coefficient (Wildman–Crippen LogP) is 4.84. The van der Waals surface area contributed by atoms with Gasteiger partial charge in [-0.15, -0.1) is 0 Å². The molecule has 21 heavy (non-hydrogen) atoms. The first-order valence-corrected chi connectivity index (χ1v) is 7.46. The smallest absolute Gasteiger partial charge is 0.0435 e. The molecule has 3 aromatic rings. The number of anilines is 1. The summed E-state index contributed by atoms with van der Waals surface area (Å²) in [4.78, 5) is 4.22. The zero-order valence-electron chi connectivity index (χ0n) is 12.3. The Morgan fingerprint density at radius 1 is 1.00 bits per heavy atom. The van der Waals surface area contributed by atoms with Gasteiger partial charge in [0.15, 0.2) is 0 Å². The van der Waals surface area contributed by atoms with Crippen LogP contribution in [0, 0.1) is 0 Å². The lowest BCUT2D eigenvalue weighted by Gasteiger charge is -2.14. The molecule has 2 aromatic carbocycles. The van der Waals surface area contributed by atoms with E-state index in [0.29, 0.717) is 5.92 Å². The molecule has 0 fully saturated rings. The molecule has 2 heteroatoms. The average Bonchev–Trinajstić information content (AvgIpc) is 2.56. The number of hydrogen-bond donors (Lipinski definition) is 1. The maximum atomic E-state index is 4.22. The Hall–Kier alpha value is -2.35. The molecule has 1 N–H and O–H groups in total. The highest BCUT2D eigenvalue weighted by Crippen LogP contribution is 2.23. The van der Waals surface area contributed by atoms with Crippen molar-refractivity contribution in [3.8, 4) is 0 Å². The Labute approximate surface area is 125 Å². The van der Waals surface area contributed by atoms with Gasteiger partial charge < -0.3 is 5.32 Å². The highest BCUT2D eigenvalue weighted by atomic mass is 14.9. The van der Waals surface area contributed by atoms with Gasteiger partial charge in [-0.25, -0.2) is 0 Å². The largest absolute Gasteiger partial charge is 0.384 e. The van der Waals surface area contributed by atoms with Crippen LogP contribution in [0.2, 0.25) is 0 Å². The maximum absolute atomic E-state index is 4.22. The molecule has 0 bridgehead atoms. The van der Waals surface area contributed by atoms with Crippen LogP contribution in [0.4, 0.5) is 5.69 Å². The second-order valence-corrected chi connectivity index (χ2v) is 5.43. The van der Waals surface area contributed by atoms with Gasteiger partial charge in [-0.2, -0.15) is 0 Å². The number of nitrogens with zero attached hydrogens (tertiary/aromatic N) is 1. The number of fused-ring (bicyclic) bond motifs is 1. The SMILES string of the molecule is CC(CCNc1cccc2ccncc12)c1ccccc1. The van der Waals surface area contributed by atoms with Gasteiger partial charge in [0.1, 0.15) is 0 Å². The molecular weight excluding hydrogens is 256 g/mol. The Bertz CT molecular complexity index is 702. The van der Waals surface area contributed by atoms with Crippen molar-refractivity contribution in [2.45, 2.75) is 19.3 Å². The molecule has 1 unspecified atom stereocenters. The van der Waals surface area contributed by atoms with Crippen LogP contribution in [-0.4, -0.2) is 11.5 Å². The van der Waals surface area contributed by atoms with Crippen LogP contribution in [0.5, 0.6) is 0 Å². The van der Waals surface area contributed by atoms with Crippen molar-refractivity contribution in [3.63, 3.8) is 0 Å². The molecule has 0 aliphatic rings. The standard InChI is InChI=1S/C19H20N2/c1-15(16-6-3-2-4-7-16)10-13-21-19-9-5-8-17-11-12-20-14-18(17)19/h2-9,11-12,14-15,21H,10,13H2,1H3. The molecule has 0 saturated carbocycles. The van der Waals surface area contributed by atoms with E-state index in [2.05, 4.69) is 65.8 Å². The molecule has 1 atom stereocenters. The molecular formula is C19H20N2. The van der Waals surface area contributed by atoms with Crippen molar-refractivity contribution in [3.05, 3.63) is 72.6 Å². The van der Waals surface area contributed by atoms with Crippen LogP contribution in [0.1, 0.15) is 24.8 Å². The van der Waals surface area contributed by atoms with Crippen LogP contribution in [0.3, 0.4) is 0 Å². The Morgan fingerprint density at radius 2 is 1.86 bits per heavy atom. The Kier molecular flexibility index (Phi) is 4.15. The van der Waals surface area contributed by atoms with Crippen LogP contribution in [0.15, 0.2) is 67.0 Å². The van der Waals surface area contributed by atoms with E-state index in [-0.39, 0.29) is 0 Å². The molecule has 0 aliphatic carbocycles. The van der Waals surface area contributed by atoms with Gasteiger partial charge >= 0.3 is 0 Å². The van der Waals surface area contributed by atoms with E-state index in [1.54, 1.807) is 0 Å². The molecule has 0 spiro atoms. The highest BCUT2D eigenvalue weighted by molar-refractivity contribution is 5.93. The minimum Gasteiger partial charge on any atom is -0.384 e. The van der Waals surface area contributed by atoms with Crippen LogP contribution >= 0.6 is 0 Å². The van der Waals surface area contributed by atoms with Crippen molar-refractivity contribution in [1.82, 2.24) is 4.98 Å². The number of pyridine rings is 1. The first kappa shape index (κ1) is 13.6. The Morgan fingerprint density at radius 3 is 2.71 bits per heavy atom. The average molecular weight is 276 g/mol. The fourth-order valence-electron chi connectivity index (χ4n) is 2.64. The molecule has 3 rings (SSSR count). The van der Waals surface area contributed by atoms with Crippen LogP contribution < -0.4 is 5.32 Å². The summed E-state index contributed by atoms with van der Waals surface area (Å²) in [6.07, 6.45) is 4.88. The summed E-state index contributed by atoms with van der Waals surface area (Å²) >= 11 is 0. The molecule has 0 saturated heterocycles. The molecule has 2 nitrogen and oxygen atoms in total. The topological polar surface area (TPSA) is 24.9 Å². The summed E-state index contributed by atoms with van der Waals surface area (Å²) in [7, 11) is 0. The maximum Gasteiger partial charge on any atom is 0.0435 e. The summed E-state index contributed by atoms with van der Waals surface area (Å²) in [6, 6.07) is 19.1. The fourth-order valence-corrected chi connectivity index (χ4v) is 2.64. The molecule has 106 valence electrons. The number of rotatable bonds is 5. The number of nitrogens with one attached hydrogen (secondary N) is 1. The normalized spacial score (nSPS) is 12.2. The van der Waals surface area contributed by atoms with Crippen molar-refractivity contribution >= 4 is 16.5 Å². The van der Waals surface area contributed by atoms with Gasteiger partial charge in [0.2, 0.25) is 0 Å². The fraction of sp³-hybridized carbons (Fsp3) is 0.211. The summed E-state index contributed by atoms with van der Waals surface area (Å²) in [5.41, 5.74) is 2.57. The monoisotopic (exact) mass is 276 g/mol. The van der Waals surface area contributed by atoms with Gasteiger partial charge in [0.25, 0.3) is 0 Å². The summed E-state index contributed by atoms with van der Waals surface area (Å²) in [5.74, 6) is 0.562. The Balaban J connectivity index is 1.65. The number of hydrogen-bond acceptors (Lipinski definition) is 2. The van der Waals surface area contributed by atoms with Gasteiger partial charge in [0, 0.05) is 30.0 Å². The minimum atomic E-state index is 0.562. The van der Waals surface area contributed by atoms with E-state index in [9.17, 15) is 0 Å². The molecule has 0 amide bonds. The van der Waals surface area contributed by atoms with Crippen molar-refractivity contribution in [2.75, 3.05) is 11.9 Å². The second kappa shape index (κ2) is 6.40. The van der Waals surface area contributed by atoms with Gasteiger partial charge in [-0.05, 0) is 35.4 Å². The lowest BCUT2D eigenvalue weighted by Crippen LogP contribution is -2.06. The van der Waals surface area contributed by atoms with E-state index in [0.717, 1.165) is 13.0 Å². The first-order valence-electron chi connectivity index (χ1n) is 7.46. The third-order valence-electron chi connectivity index (χ3n) is 3.95. The molecule has 1 aromatic heterocycles. The molecule has 0 aliphatic heterocycles. The zero-order valence-corrected chi connectivity index (χ0v) is 12.3. The van der Waals surface area contributed by atoms with Crippen molar-refractivity contribution in [2.24, 2.45) is 0 Å². The van der Waals surface area contributed by atoms with E-state index >= 15 is 0 Å². The minimum absolute atomic E-state index is 0.562. The summed E-state index contributed by atoms with van der Waals surface area (Å²) < 4.78 is 0. The lowest BCUT2D eigenvalue weighted by atomic mass is 9.98. The highest BCUT2D eigenvalue weighted by Gasteiger charge is 2.05. The van der Waals surface area contributed by atoms with Gasteiger partial charge in [0.05, 0.1) is 0 Å². The molecule has 0 radical (unpaired) electrons. The zero-order chi connectivity index (χ0) is 14.5. The molecule has 1 heterocycles. The van der Waals surface area contributed by atoms with Crippen LogP contribution in [0.25, 0.3) is 10.8 Å². The van der Waals surface area contributed by atoms with E-state index in [4.69, 9.17) is 0 Å². The van der Waals surface area contributed by atoms with E-state index < -0.39 is 0 Å². The van der Waals surface area contributed by atoms with Crippen molar-refractivity contribution < 1.29 is 0 Å². The third kappa shape index (κ3) is 3.22. The number of benzene rings is 2. The quantitative estimate of drug-likeness (QED) is 0.721. The predicted molar refractivity (Wildman–Crippen MR) is 89.7 cm³/mol. The third-order valence-corrected chi connectivity index (χ3v) is 3.95. The van der Waals surface area contributed by atoms with Crippen molar-refractivity contribution in [1.29, 1.82) is 0 Å². The van der Waals surface area contributed by atoms with E-state index in [1.165, 1.54) is 22.0 Å². The first-order chi connectivity index (χ1) is 10.3.